The Morgan fingerprint density at radius 3 is 2.60 bits per heavy atom. The first-order chi connectivity index (χ1) is 19.3. The van der Waals surface area contributed by atoms with Gasteiger partial charge in [-0.15, -0.1) is 0 Å². The normalized spacial score (nSPS) is 28.7. The minimum absolute atomic E-state index is 0.0193. The van der Waals surface area contributed by atoms with Gasteiger partial charge < -0.3 is 14.2 Å². The van der Waals surface area contributed by atoms with E-state index in [4.69, 9.17) is 14.2 Å². The molecule has 2 aromatic carbocycles. The SMILES string of the molecule is CCOC(=O)/C=C/CC[C@@H]1Cc2cc(OC(=O)c3ccccc3)ccc2[C@H]2CC[C@]3(C)[C@@H](OC(C)=O)CC[C@H]3[C@H]12. The van der Waals surface area contributed by atoms with Crippen molar-refractivity contribution in [2.24, 2.45) is 23.2 Å². The van der Waals surface area contributed by atoms with Gasteiger partial charge in [-0.05, 0) is 111 Å². The fourth-order valence-corrected chi connectivity index (χ4v) is 7.88. The number of hydrogen-bond donors (Lipinski definition) is 0. The highest BCUT2D eigenvalue weighted by atomic mass is 16.5. The van der Waals surface area contributed by atoms with Gasteiger partial charge in [-0.25, -0.2) is 9.59 Å². The van der Waals surface area contributed by atoms with Gasteiger partial charge in [-0.2, -0.15) is 0 Å². The maximum absolute atomic E-state index is 12.7. The predicted octanol–water partition coefficient (Wildman–Crippen LogP) is 6.82. The number of rotatable bonds is 8. The van der Waals surface area contributed by atoms with Gasteiger partial charge in [-0.1, -0.05) is 37.3 Å². The summed E-state index contributed by atoms with van der Waals surface area (Å²) in [6.07, 6.45) is 10.1. The second-order valence-electron chi connectivity index (χ2n) is 11.8. The Bertz CT molecular complexity index is 1270. The third-order valence-electron chi connectivity index (χ3n) is 9.56. The van der Waals surface area contributed by atoms with Gasteiger partial charge in [-0.3, -0.25) is 4.79 Å². The number of carbonyl (C=O) groups excluding carboxylic acids is 3. The topological polar surface area (TPSA) is 78.9 Å². The number of hydrogen-bond acceptors (Lipinski definition) is 6. The van der Waals surface area contributed by atoms with Crippen LogP contribution in [0.1, 0.15) is 86.7 Å². The van der Waals surface area contributed by atoms with Gasteiger partial charge in [0.2, 0.25) is 0 Å². The van der Waals surface area contributed by atoms with Crippen molar-refractivity contribution in [3.63, 3.8) is 0 Å². The van der Waals surface area contributed by atoms with Gasteiger partial charge in [0.25, 0.3) is 0 Å². The van der Waals surface area contributed by atoms with Crippen LogP contribution in [0.25, 0.3) is 0 Å². The fourth-order valence-electron chi connectivity index (χ4n) is 7.88. The molecular formula is C34H40O6. The molecule has 212 valence electrons. The van der Waals surface area contributed by atoms with Crippen LogP contribution in [0.2, 0.25) is 0 Å². The molecule has 0 aromatic heterocycles. The lowest BCUT2D eigenvalue weighted by Gasteiger charge is -2.53. The monoisotopic (exact) mass is 544 g/mol. The van der Waals surface area contributed by atoms with Crippen LogP contribution in [0.15, 0.2) is 60.7 Å². The van der Waals surface area contributed by atoms with Crippen molar-refractivity contribution >= 4 is 17.9 Å². The molecule has 3 aliphatic carbocycles. The highest BCUT2D eigenvalue weighted by Crippen LogP contribution is 2.63. The van der Waals surface area contributed by atoms with Crippen molar-refractivity contribution in [1.29, 1.82) is 0 Å². The molecule has 0 N–H and O–H groups in total. The van der Waals surface area contributed by atoms with E-state index in [1.54, 1.807) is 12.1 Å². The minimum Gasteiger partial charge on any atom is -0.463 e. The van der Waals surface area contributed by atoms with Crippen LogP contribution in [-0.4, -0.2) is 30.6 Å². The largest absolute Gasteiger partial charge is 0.463 e. The number of allylic oxidation sites excluding steroid dienone is 1. The third-order valence-corrected chi connectivity index (χ3v) is 9.56. The van der Waals surface area contributed by atoms with E-state index in [-0.39, 0.29) is 29.4 Å². The molecule has 0 saturated heterocycles. The van der Waals surface area contributed by atoms with Crippen molar-refractivity contribution in [2.45, 2.75) is 77.7 Å². The molecule has 2 saturated carbocycles. The van der Waals surface area contributed by atoms with Crippen molar-refractivity contribution in [2.75, 3.05) is 6.61 Å². The maximum atomic E-state index is 12.7. The van der Waals surface area contributed by atoms with Crippen LogP contribution in [0, 0.1) is 23.2 Å². The van der Waals surface area contributed by atoms with Gasteiger partial charge in [0.1, 0.15) is 11.9 Å². The van der Waals surface area contributed by atoms with E-state index in [0.29, 0.717) is 41.6 Å². The van der Waals surface area contributed by atoms with E-state index in [0.717, 1.165) is 44.9 Å². The minimum atomic E-state index is -0.356. The summed E-state index contributed by atoms with van der Waals surface area (Å²) in [5.74, 6) is 1.49. The Labute approximate surface area is 237 Å². The van der Waals surface area contributed by atoms with E-state index in [1.165, 1.54) is 24.1 Å². The highest BCUT2D eigenvalue weighted by molar-refractivity contribution is 5.91. The second kappa shape index (κ2) is 12.0. The number of benzene rings is 2. The zero-order valence-corrected chi connectivity index (χ0v) is 23.8. The molecular weight excluding hydrogens is 504 g/mol. The molecule has 6 heteroatoms. The summed E-state index contributed by atoms with van der Waals surface area (Å²) in [4.78, 5) is 36.5. The van der Waals surface area contributed by atoms with Crippen LogP contribution in [-0.2, 0) is 25.5 Å². The summed E-state index contributed by atoms with van der Waals surface area (Å²) < 4.78 is 16.7. The molecule has 0 radical (unpaired) electrons. The summed E-state index contributed by atoms with van der Waals surface area (Å²) in [7, 11) is 0. The first kappa shape index (κ1) is 28.1. The molecule has 0 spiro atoms. The number of carbonyl (C=O) groups is 3. The smallest absolute Gasteiger partial charge is 0.343 e. The lowest BCUT2D eigenvalue weighted by atomic mass is 9.52. The van der Waals surface area contributed by atoms with Crippen LogP contribution >= 0.6 is 0 Å². The molecule has 3 aliphatic rings. The number of fused-ring (bicyclic) bond motifs is 5. The Balaban J connectivity index is 1.40. The van der Waals surface area contributed by atoms with Crippen molar-refractivity contribution in [3.8, 4) is 5.75 Å². The molecule has 2 aromatic rings. The number of ether oxygens (including phenoxy) is 3. The second-order valence-corrected chi connectivity index (χ2v) is 11.8. The van der Waals surface area contributed by atoms with Crippen molar-refractivity contribution in [3.05, 3.63) is 77.4 Å². The van der Waals surface area contributed by atoms with E-state index >= 15 is 0 Å². The zero-order valence-electron chi connectivity index (χ0n) is 23.8. The van der Waals surface area contributed by atoms with Crippen molar-refractivity contribution in [1.82, 2.24) is 0 Å². The molecule has 2 fully saturated rings. The van der Waals surface area contributed by atoms with Gasteiger partial charge in [0.15, 0.2) is 0 Å². The molecule has 40 heavy (non-hydrogen) atoms. The number of esters is 3. The van der Waals surface area contributed by atoms with E-state index in [2.05, 4.69) is 19.1 Å². The lowest BCUT2D eigenvalue weighted by molar-refractivity contribution is -0.155. The average Bonchev–Trinajstić information content (AvgIpc) is 3.26. The first-order valence-electron chi connectivity index (χ1n) is 14.7. The van der Waals surface area contributed by atoms with Crippen LogP contribution in [0.3, 0.4) is 0 Å². The Morgan fingerprint density at radius 2 is 1.85 bits per heavy atom. The Kier molecular flexibility index (Phi) is 8.43. The molecule has 6 atom stereocenters. The molecule has 0 heterocycles. The summed E-state index contributed by atoms with van der Waals surface area (Å²) in [5.41, 5.74) is 3.12. The first-order valence-corrected chi connectivity index (χ1v) is 14.7. The van der Waals surface area contributed by atoms with Crippen LogP contribution < -0.4 is 4.74 Å². The summed E-state index contributed by atoms with van der Waals surface area (Å²) in [6, 6.07) is 15.2. The molecule has 0 bridgehead atoms. The fraction of sp³-hybridized carbons (Fsp3) is 0.500. The lowest BCUT2D eigenvalue weighted by Crippen LogP contribution is -2.48. The molecule has 6 nitrogen and oxygen atoms in total. The molecule has 0 amide bonds. The highest BCUT2D eigenvalue weighted by Gasteiger charge is 2.58. The van der Waals surface area contributed by atoms with Crippen LogP contribution in [0.4, 0.5) is 0 Å². The standard InChI is InChI=1S/C34H40O6/c1-4-38-31(36)13-9-8-12-24-20-25-21-26(40-33(37)23-10-6-5-7-11-23)14-15-27(25)28-18-19-34(3)29(32(24)28)16-17-30(34)39-22(2)35/h5-7,9-11,13-15,21,24,28-30,32H,4,8,12,16-20H2,1-3H3/b13-9+/t24-,28-,29+,30+,32-,34+/m1/s1. The third kappa shape index (κ3) is 5.72. The molecule has 0 unspecified atom stereocenters. The quantitative estimate of drug-likeness (QED) is 0.206. The maximum Gasteiger partial charge on any atom is 0.343 e. The molecule has 0 aliphatic heterocycles. The zero-order chi connectivity index (χ0) is 28.3. The summed E-state index contributed by atoms with van der Waals surface area (Å²) in [5, 5.41) is 0. The van der Waals surface area contributed by atoms with Crippen LogP contribution in [0.5, 0.6) is 5.75 Å². The Morgan fingerprint density at radius 1 is 1.05 bits per heavy atom. The summed E-state index contributed by atoms with van der Waals surface area (Å²) >= 11 is 0. The van der Waals surface area contributed by atoms with Gasteiger partial charge in [0.05, 0.1) is 12.2 Å². The van der Waals surface area contributed by atoms with Gasteiger partial charge in [0, 0.05) is 18.4 Å². The van der Waals surface area contributed by atoms with E-state index in [9.17, 15) is 14.4 Å². The van der Waals surface area contributed by atoms with Gasteiger partial charge >= 0.3 is 17.9 Å². The van der Waals surface area contributed by atoms with Crippen molar-refractivity contribution < 1.29 is 28.6 Å². The van der Waals surface area contributed by atoms with E-state index in [1.807, 2.05) is 37.3 Å². The molecule has 5 rings (SSSR count). The average molecular weight is 545 g/mol. The Hall–Kier alpha value is -3.41. The predicted molar refractivity (Wildman–Crippen MR) is 152 cm³/mol. The summed E-state index contributed by atoms with van der Waals surface area (Å²) in [6.45, 7) is 6.02. The van der Waals surface area contributed by atoms with E-state index < -0.39 is 0 Å².